The van der Waals surface area contributed by atoms with Gasteiger partial charge in [-0.3, -0.25) is 4.79 Å². The Bertz CT molecular complexity index is 716. The fourth-order valence-corrected chi connectivity index (χ4v) is 3.33. The molecule has 3 rings (SSSR count). The molecule has 0 radical (unpaired) electrons. The number of carbonyl (C=O) groups excluding carboxylic acids is 1. The van der Waals surface area contributed by atoms with Crippen LogP contribution in [0.15, 0.2) is 60.7 Å². The number of halogens is 1. The number of ketones is 1. The summed E-state index contributed by atoms with van der Waals surface area (Å²) in [4.78, 5) is 12.7. The van der Waals surface area contributed by atoms with Crippen molar-refractivity contribution in [1.82, 2.24) is 0 Å². The monoisotopic (exact) mass is 326 g/mol. The van der Waals surface area contributed by atoms with Crippen LogP contribution in [0.3, 0.4) is 0 Å². The first-order valence-electron chi connectivity index (χ1n) is 7.80. The molecule has 0 aromatic heterocycles. The second-order valence-electron chi connectivity index (χ2n) is 6.03. The van der Waals surface area contributed by atoms with Gasteiger partial charge < -0.3 is 5.11 Å². The van der Waals surface area contributed by atoms with Gasteiger partial charge in [-0.25, -0.2) is 0 Å². The molecule has 0 aliphatic heterocycles. The predicted octanol–water partition coefficient (Wildman–Crippen LogP) is 4.76. The zero-order valence-corrected chi connectivity index (χ0v) is 13.6. The van der Waals surface area contributed by atoms with E-state index in [0.717, 1.165) is 29.5 Å². The highest BCUT2D eigenvalue weighted by molar-refractivity contribution is 6.30. The topological polar surface area (TPSA) is 37.3 Å². The van der Waals surface area contributed by atoms with Gasteiger partial charge in [-0.2, -0.15) is 0 Å². The van der Waals surface area contributed by atoms with Crippen LogP contribution in [0.4, 0.5) is 0 Å². The zero-order valence-electron chi connectivity index (χ0n) is 12.8. The fourth-order valence-electron chi connectivity index (χ4n) is 3.20. The van der Waals surface area contributed by atoms with E-state index in [-0.39, 0.29) is 24.2 Å². The van der Waals surface area contributed by atoms with Crippen molar-refractivity contribution < 1.29 is 9.90 Å². The van der Waals surface area contributed by atoms with Crippen LogP contribution in [0, 0.1) is 11.8 Å². The first-order valence-corrected chi connectivity index (χ1v) is 8.17. The van der Waals surface area contributed by atoms with Crippen molar-refractivity contribution >= 4 is 17.4 Å². The van der Waals surface area contributed by atoms with Gasteiger partial charge in [-0.1, -0.05) is 60.2 Å². The molecule has 1 N–H and O–H groups in total. The summed E-state index contributed by atoms with van der Waals surface area (Å²) in [7, 11) is 0. The smallest absolute Gasteiger partial charge is 0.169 e. The Morgan fingerprint density at radius 3 is 2.13 bits per heavy atom. The minimum Gasteiger partial charge on any atom is -0.396 e. The molecule has 0 heterocycles. The van der Waals surface area contributed by atoms with Gasteiger partial charge in [-0.15, -0.1) is 0 Å². The van der Waals surface area contributed by atoms with Gasteiger partial charge in [0.1, 0.15) is 0 Å². The maximum absolute atomic E-state index is 12.7. The van der Waals surface area contributed by atoms with Crippen molar-refractivity contribution in [3.8, 4) is 11.1 Å². The summed E-state index contributed by atoms with van der Waals surface area (Å²) in [5, 5.41) is 10.0. The quantitative estimate of drug-likeness (QED) is 0.649. The summed E-state index contributed by atoms with van der Waals surface area (Å²) in [5.41, 5.74) is 3.70. The zero-order chi connectivity index (χ0) is 16.4. The van der Waals surface area contributed by atoms with Gasteiger partial charge >= 0.3 is 0 Å². The van der Waals surface area contributed by atoms with E-state index in [1.54, 1.807) is 0 Å². The van der Waals surface area contributed by atoms with E-state index in [0.29, 0.717) is 10.6 Å². The molecular formula is C20H19ClO2. The van der Waals surface area contributed by atoms with Crippen molar-refractivity contribution in [1.29, 1.82) is 0 Å². The van der Waals surface area contributed by atoms with Crippen LogP contribution in [0.1, 0.15) is 23.2 Å². The molecule has 118 valence electrons. The molecule has 0 amide bonds. The molecule has 23 heavy (non-hydrogen) atoms. The maximum atomic E-state index is 12.7. The number of benzene rings is 2. The Balaban J connectivity index is 1.78. The molecule has 1 saturated carbocycles. The molecular weight excluding hydrogens is 308 g/mol. The average molecular weight is 327 g/mol. The Labute approximate surface area is 141 Å². The number of rotatable bonds is 4. The van der Waals surface area contributed by atoms with E-state index in [9.17, 15) is 9.90 Å². The minimum absolute atomic E-state index is 0.0669. The highest BCUT2D eigenvalue weighted by atomic mass is 35.5. The molecule has 2 unspecified atom stereocenters. The SMILES string of the molecule is C=C1C(CO)CCC1C(=O)c1ccc(-c2ccc(Cl)cc2)cc1. The Hall–Kier alpha value is -1.90. The molecule has 1 aliphatic rings. The van der Waals surface area contributed by atoms with Crippen LogP contribution in [0.2, 0.25) is 5.02 Å². The molecule has 2 nitrogen and oxygen atoms in total. The lowest BCUT2D eigenvalue weighted by atomic mass is 9.90. The predicted molar refractivity (Wildman–Crippen MR) is 93.7 cm³/mol. The maximum Gasteiger partial charge on any atom is 0.169 e. The molecule has 2 aromatic rings. The Morgan fingerprint density at radius 1 is 1.04 bits per heavy atom. The molecule has 3 heteroatoms. The van der Waals surface area contributed by atoms with Crippen LogP contribution in [-0.2, 0) is 0 Å². The highest BCUT2D eigenvalue weighted by Gasteiger charge is 2.33. The van der Waals surface area contributed by atoms with Crippen molar-refractivity contribution in [2.45, 2.75) is 12.8 Å². The molecule has 0 bridgehead atoms. The van der Waals surface area contributed by atoms with Gasteiger partial charge in [0.2, 0.25) is 0 Å². The lowest BCUT2D eigenvalue weighted by molar-refractivity contribution is 0.0941. The van der Waals surface area contributed by atoms with E-state index < -0.39 is 0 Å². The third-order valence-electron chi connectivity index (χ3n) is 4.66. The van der Waals surface area contributed by atoms with Gasteiger partial charge in [0.05, 0.1) is 0 Å². The molecule has 2 aromatic carbocycles. The number of carbonyl (C=O) groups is 1. The molecule has 2 atom stereocenters. The van der Waals surface area contributed by atoms with E-state index in [2.05, 4.69) is 6.58 Å². The summed E-state index contributed by atoms with van der Waals surface area (Å²) in [6.45, 7) is 4.10. The van der Waals surface area contributed by atoms with Gasteiger partial charge in [0.15, 0.2) is 5.78 Å². The highest BCUT2D eigenvalue weighted by Crippen LogP contribution is 2.37. The van der Waals surface area contributed by atoms with Crippen molar-refractivity contribution in [3.05, 3.63) is 71.3 Å². The molecule has 0 saturated heterocycles. The van der Waals surface area contributed by atoms with Gasteiger partial charge in [0.25, 0.3) is 0 Å². The van der Waals surface area contributed by atoms with Gasteiger partial charge in [0, 0.05) is 29.0 Å². The van der Waals surface area contributed by atoms with Crippen LogP contribution < -0.4 is 0 Å². The van der Waals surface area contributed by atoms with E-state index in [4.69, 9.17) is 11.6 Å². The first kappa shape index (κ1) is 16.0. The fraction of sp³-hybridized carbons (Fsp3) is 0.250. The average Bonchev–Trinajstić information content (AvgIpc) is 2.96. The summed E-state index contributed by atoms with van der Waals surface area (Å²) < 4.78 is 0. The Morgan fingerprint density at radius 2 is 1.61 bits per heavy atom. The third-order valence-corrected chi connectivity index (χ3v) is 4.91. The summed E-state index contributed by atoms with van der Waals surface area (Å²) in [6.07, 6.45) is 1.62. The number of hydrogen-bond donors (Lipinski definition) is 1. The Kier molecular flexibility index (Phi) is 4.65. The standard InChI is InChI=1S/C20H19ClO2/c1-13-17(12-22)8-11-19(13)20(23)16-4-2-14(3-5-16)15-6-9-18(21)10-7-15/h2-7,9-10,17,19,22H,1,8,11-12H2. The largest absolute Gasteiger partial charge is 0.396 e. The molecule has 0 spiro atoms. The van der Waals surface area contributed by atoms with Crippen LogP contribution in [0.25, 0.3) is 11.1 Å². The van der Waals surface area contributed by atoms with Crippen LogP contribution in [-0.4, -0.2) is 17.5 Å². The third kappa shape index (κ3) is 3.24. The summed E-state index contributed by atoms with van der Waals surface area (Å²) >= 11 is 5.91. The minimum atomic E-state index is -0.159. The molecule has 1 aliphatic carbocycles. The van der Waals surface area contributed by atoms with E-state index in [1.807, 2.05) is 48.5 Å². The normalized spacial score (nSPS) is 20.7. The van der Waals surface area contributed by atoms with Crippen molar-refractivity contribution in [3.63, 3.8) is 0 Å². The number of Topliss-reactive ketones (excluding diaryl/α,β-unsaturated/α-hetero) is 1. The van der Waals surface area contributed by atoms with Crippen molar-refractivity contribution in [2.24, 2.45) is 11.8 Å². The van der Waals surface area contributed by atoms with Crippen molar-refractivity contribution in [2.75, 3.05) is 6.61 Å². The van der Waals surface area contributed by atoms with E-state index >= 15 is 0 Å². The molecule has 1 fully saturated rings. The lowest BCUT2D eigenvalue weighted by Gasteiger charge is -2.13. The van der Waals surface area contributed by atoms with Crippen LogP contribution in [0.5, 0.6) is 0 Å². The number of aliphatic hydroxyl groups excluding tert-OH is 1. The number of hydrogen-bond acceptors (Lipinski definition) is 2. The van der Waals surface area contributed by atoms with E-state index in [1.165, 1.54) is 0 Å². The lowest BCUT2D eigenvalue weighted by Crippen LogP contribution is -2.15. The summed E-state index contributed by atoms with van der Waals surface area (Å²) in [5.74, 6) is 0.0134. The summed E-state index contributed by atoms with van der Waals surface area (Å²) in [6, 6.07) is 15.3. The van der Waals surface area contributed by atoms with Gasteiger partial charge in [-0.05, 0) is 36.1 Å². The van der Waals surface area contributed by atoms with Crippen LogP contribution >= 0.6 is 11.6 Å². The first-order chi connectivity index (χ1) is 11.1. The number of aliphatic hydroxyl groups is 1. The second-order valence-corrected chi connectivity index (χ2v) is 6.47. The second kappa shape index (κ2) is 6.69.